The number of hydrogen-bond acceptors (Lipinski definition) is 2. The number of aromatic nitrogens is 2. The van der Waals surface area contributed by atoms with Crippen LogP contribution in [0.1, 0.15) is 0 Å². The van der Waals surface area contributed by atoms with Crippen molar-refractivity contribution in [3.63, 3.8) is 0 Å². The van der Waals surface area contributed by atoms with E-state index in [4.69, 9.17) is 23.2 Å². The second-order valence-electron chi connectivity index (χ2n) is 3.22. The van der Waals surface area contributed by atoms with Gasteiger partial charge in [0.2, 0.25) is 0 Å². The van der Waals surface area contributed by atoms with Crippen molar-refractivity contribution in [3.05, 3.63) is 61.1 Å². The van der Waals surface area contributed by atoms with Gasteiger partial charge in [0.25, 0.3) is 5.56 Å². The van der Waals surface area contributed by atoms with Crippen molar-refractivity contribution in [2.75, 3.05) is 0 Å². The molecule has 1 heterocycles. The van der Waals surface area contributed by atoms with Gasteiger partial charge in [0.05, 0.1) is 5.69 Å². The Morgan fingerprint density at radius 2 is 1.82 bits per heavy atom. The van der Waals surface area contributed by atoms with E-state index in [9.17, 15) is 14.0 Å². The maximum atomic E-state index is 13.1. The molecule has 0 amide bonds. The Bertz CT molecular complexity index is 642. The second kappa shape index (κ2) is 4.35. The van der Waals surface area contributed by atoms with Gasteiger partial charge in [-0.05, 0) is 18.2 Å². The second-order valence-corrected chi connectivity index (χ2v) is 4.07. The lowest BCUT2D eigenvalue weighted by molar-refractivity contribution is 0.626. The molecular formula is C10H5Cl2FN2O2. The van der Waals surface area contributed by atoms with Crippen molar-refractivity contribution < 1.29 is 4.39 Å². The van der Waals surface area contributed by atoms with Crippen molar-refractivity contribution >= 4 is 23.2 Å². The van der Waals surface area contributed by atoms with Crippen LogP contribution in [0.2, 0.25) is 10.2 Å². The lowest BCUT2D eigenvalue weighted by atomic mass is 10.3. The van der Waals surface area contributed by atoms with Gasteiger partial charge in [-0.3, -0.25) is 9.78 Å². The lowest BCUT2D eigenvalue weighted by Gasteiger charge is -2.04. The van der Waals surface area contributed by atoms with Crippen LogP contribution in [-0.4, -0.2) is 9.55 Å². The third kappa shape index (κ3) is 2.40. The summed E-state index contributed by atoms with van der Waals surface area (Å²) >= 11 is 11.1. The minimum absolute atomic E-state index is 0.0397. The molecule has 0 bridgehead atoms. The normalized spacial score (nSPS) is 10.5. The molecule has 2 rings (SSSR count). The van der Waals surface area contributed by atoms with Crippen LogP contribution in [0.25, 0.3) is 5.69 Å². The fraction of sp³-hybridized carbons (Fsp3) is 0. The number of hydrogen-bond donors (Lipinski definition) is 1. The van der Waals surface area contributed by atoms with Gasteiger partial charge in [-0.25, -0.2) is 13.8 Å². The molecule has 0 atom stereocenters. The molecule has 1 aromatic carbocycles. The SMILES string of the molecule is O=c1cc(Cl)[nH]c(=O)n1-c1cc(F)cc(Cl)c1. The van der Waals surface area contributed by atoms with Crippen molar-refractivity contribution in [3.8, 4) is 5.69 Å². The van der Waals surface area contributed by atoms with E-state index in [1.165, 1.54) is 6.07 Å². The summed E-state index contributed by atoms with van der Waals surface area (Å²) in [6.45, 7) is 0. The van der Waals surface area contributed by atoms with Crippen LogP contribution in [0, 0.1) is 5.82 Å². The number of nitrogens with one attached hydrogen (secondary N) is 1. The van der Waals surface area contributed by atoms with E-state index in [1.807, 2.05) is 0 Å². The highest BCUT2D eigenvalue weighted by atomic mass is 35.5. The van der Waals surface area contributed by atoms with E-state index in [-0.39, 0.29) is 15.9 Å². The van der Waals surface area contributed by atoms with E-state index in [0.717, 1.165) is 22.8 Å². The quantitative estimate of drug-likeness (QED) is 0.809. The Labute approximate surface area is 104 Å². The van der Waals surface area contributed by atoms with E-state index in [0.29, 0.717) is 0 Å². The van der Waals surface area contributed by atoms with Crippen LogP contribution in [-0.2, 0) is 0 Å². The van der Waals surface area contributed by atoms with Gasteiger partial charge in [-0.2, -0.15) is 0 Å². The Kier molecular flexibility index (Phi) is 3.04. The zero-order valence-corrected chi connectivity index (χ0v) is 9.72. The molecule has 0 aliphatic rings. The maximum Gasteiger partial charge on any atom is 0.334 e. The Balaban J connectivity index is 2.77. The van der Waals surface area contributed by atoms with Gasteiger partial charge in [0.15, 0.2) is 0 Å². The number of benzene rings is 1. The molecule has 17 heavy (non-hydrogen) atoms. The predicted octanol–water partition coefficient (Wildman–Crippen LogP) is 1.97. The molecule has 4 nitrogen and oxygen atoms in total. The first-order valence-corrected chi connectivity index (χ1v) is 5.21. The molecule has 2 aromatic rings. The largest absolute Gasteiger partial charge is 0.334 e. The van der Waals surface area contributed by atoms with Crippen LogP contribution in [0.15, 0.2) is 33.9 Å². The Morgan fingerprint density at radius 1 is 1.12 bits per heavy atom. The third-order valence-corrected chi connectivity index (χ3v) is 2.43. The Morgan fingerprint density at radius 3 is 2.41 bits per heavy atom. The number of halogens is 3. The molecule has 1 aromatic heterocycles. The summed E-state index contributed by atoms with van der Waals surface area (Å²) in [6.07, 6.45) is 0. The average Bonchev–Trinajstić information content (AvgIpc) is 2.13. The number of aromatic amines is 1. The molecule has 0 aliphatic carbocycles. The molecule has 0 radical (unpaired) electrons. The van der Waals surface area contributed by atoms with Crippen molar-refractivity contribution in [1.29, 1.82) is 0 Å². The summed E-state index contributed by atoms with van der Waals surface area (Å²) in [5, 5.41) is 0.000000000000000888. The zero-order chi connectivity index (χ0) is 12.6. The van der Waals surface area contributed by atoms with E-state index >= 15 is 0 Å². The summed E-state index contributed by atoms with van der Waals surface area (Å²) < 4.78 is 13.9. The topological polar surface area (TPSA) is 54.9 Å². The summed E-state index contributed by atoms with van der Waals surface area (Å²) in [5.41, 5.74) is -1.39. The Hall–Kier alpha value is -1.59. The number of nitrogens with zero attached hydrogens (tertiary/aromatic N) is 1. The number of rotatable bonds is 1. The lowest BCUT2D eigenvalue weighted by Crippen LogP contribution is -2.33. The van der Waals surface area contributed by atoms with Crippen LogP contribution in [0.4, 0.5) is 4.39 Å². The third-order valence-electron chi connectivity index (χ3n) is 2.01. The molecule has 0 saturated heterocycles. The van der Waals surface area contributed by atoms with Crippen molar-refractivity contribution in [2.24, 2.45) is 0 Å². The van der Waals surface area contributed by atoms with Crippen LogP contribution >= 0.6 is 23.2 Å². The van der Waals surface area contributed by atoms with Crippen LogP contribution < -0.4 is 11.2 Å². The molecule has 88 valence electrons. The minimum Gasteiger partial charge on any atom is -0.297 e. The van der Waals surface area contributed by atoms with Crippen molar-refractivity contribution in [2.45, 2.75) is 0 Å². The first-order chi connectivity index (χ1) is 7.97. The van der Waals surface area contributed by atoms with E-state index < -0.39 is 17.1 Å². The van der Waals surface area contributed by atoms with Gasteiger partial charge >= 0.3 is 5.69 Å². The molecular weight excluding hydrogens is 270 g/mol. The van der Waals surface area contributed by atoms with Gasteiger partial charge in [0, 0.05) is 11.1 Å². The van der Waals surface area contributed by atoms with Gasteiger partial charge in [-0.1, -0.05) is 23.2 Å². The summed E-state index contributed by atoms with van der Waals surface area (Å²) in [5.74, 6) is -0.645. The highest BCUT2D eigenvalue weighted by Crippen LogP contribution is 2.15. The maximum absolute atomic E-state index is 13.1. The average molecular weight is 275 g/mol. The molecule has 0 saturated carbocycles. The van der Waals surface area contributed by atoms with E-state index in [2.05, 4.69) is 4.98 Å². The highest BCUT2D eigenvalue weighted by molar-refractivity contribution is 6.30. The molecule has 7 heteroatoms. The number of H-pyrrole nitrogens is 1. The van der Waals surface area contributed by atoms with Crippen LogP contribution in [0.5, 0.6) is 0 Å². The van der Waals surface area contributed by atoms with E-state index in [1.54, 1.807) is 0 Å². The minimum atomic E-state index is -0.760. The summed E-state index contributed by atoms with van der Waals surface area (Å²) in [4.78, 5) is 25.3. The highest BCUT2D eigenvalue weighted by Gasteiger charge is 2.08. The standard InChI is InChI=1S/C10H5Cl2FN2O2/c11-5-1-6(13)3-7(2-5)15-9(16)4-8(12)14-10(15)17/h1-4H,(H,14,17). The zero-order valence-electron chi connectivity index (χ0n) is 8.21. The fourth-order valence-corrected chi connectivity index (χ4v) is 1.77. The molecule has 0 unspecified atom stereocenters. The summed E-state index contributed by atoms with van der Waals surface area (Å²) in [6, 6.07) is 4.41. The first-order valence-electron chi connectivity index (χ1n) is 4.46. The van der Waals surface area contributed by atoms with Crippen molar-refractivity contribution in [1.82, 2.24) is 9.55 Å². The monoisotopic (exact) mass is 274 g/mol. The van der Waals surface area contributed by atoms with Gasteiger partial charge in [0.1, 0.15) is 11.0 Å². The summed E-state index contributed by atoms with van der Waals surface area (Å²) in [7, 11) is 0. The fourth-order valence-electron chi connectivity index (χ4n) is 1.38. The molecule has 1 N–H and O–H groups in total. The predicted molar refractivity (Wildman–Crippen MR) is 62.6 cm³/mol. The smallest absolute Gasteiger partial charge is 0.297 e. The molecule has 0 aliphatic heterocycles. The molecule has 0 fully saturated rings. The van der Waals surface area contributed by atoms with Gasteiger partial charge in [-0.15, -0.1) is 0 Å². The van der Waals surface area contributed by atoms with Gasteiger partial charge < -0.3 is 0 Å². The first kappa shape index (κ1) is 11.9. The molecule has 0 spiro atoms. The van der Waals surface area contributed by atoms with Crippen LogP contribution in [0.3, 0.4) is 0 Å².